The Morgan fingerprint density at radius 2 is 2.00 bits per heavy atom. The van der Waals surface area contributed by atoms with Gasteiger partial charge in [0.15, 0.2) is 0 Å². The van der Waals surface area contributed by atoms with Gasteiger partial charge >= 0.3 is 0 Å². The number of benzene rings is 1. The summed E-state index contributed by atoms with van der Waals surface area (Å²) in [6.45, 7) is 1.41. The molecule has 1 amide bonds. The second-order valence-electron chi connectivity index (χ2n) is 4.88. The number of alkyl halides is 2. The Hall–Kier alpha value is -1.56. The third-order valence-electron chi connectivity index (χ3n) is 2.92. The molecule has 0 radical (unpaired) electrons. The number of nitrogens with two attached hydrogens (primary N) is 1. The van der Waals surface area contributed by atoms with Gasteiger partial charge in [-0.05, 0) is 31.5 Å². The topological polar surface area (TPSA) is 55.1 Å². The van der Waals surface area contributed by atoms with Gasteiger partial charge in [-0.2, -0.15) is 0 Å². The van der Waals surface area contributed by atoms with E-state index in [9.17, 15) is 18.0 Å². The van der Waals surface area contributed by atoms with Crippen molar-refractivity contribution in [1.29, 1.82) is 0 Å². The van der Waals surface area contributed by atoms with Crippen LogP contribution in [0.2, 0.25) is 0 Å². The van der Waals surface area contributed by atoms with E-state index in [1.807, 2.05) is 0 Å². The van der Waals surface area contributed by atoms with Gasteiger partial charge in [-0.1, -0.05) is 12.1 Å². The summed E-state index contributed by atoms with van der Waals surface area (Å²) in [7, 11) is 0. The largest absolute Gasteiger partial charge is 0.349 e. The predicted molar refractivity (Wildman–Crippen MR) is 66.4 cm³/mol. The monoisotopic (exact) mass is 274 g/mol. The molecule has 3 nitrogen and oxygen atoms in total. The number of carbonyl (C=O) groups is 1. The molecule has 0 spiro atoms. The third kappa shape index (κ3) is 3.96. The van der Waals surface area contributed by atoms with Gasteiger partial charge in [0.25, 0.3) is 5.92 Å². The minimum absolute atomic E-state index is 0.418. The number of rotatable bonds is 5. The van der Waals surface area contributed by atoms with Crippen molar-refractivity contribution >= 4 is 5.91 Å². The Kier molecular flexibility index (Phi) is 4.57. The van der Waals surface area contributed by atoms with Crippen LogP contribution in [0.15, 0.2) is 24.3 Å². The zero-order valence-corrected chi connectivity index (χ0v) is 10.8. The number of carbonyl (C=O) groups excluding carboxylic acids is 1. The number of amides is 1. The zero-order chi connectivity index (χ0) is 14.7. The highest BCUT2D eigenvalue weighted by atomic mass is 19.3. The van der Waals surface area contributed by atoms with E-state index in [2.05, 4.69) is 5.32 Å². The van der Waals surface area contributed by atoms with Crippen molar-refractivity contribution in [3.8, 4) is 0 Å². The molecular weight excluding hydrogens is 257 g/mol. The Balaban J connectivity index is 2.80. The van der Waals surface area contributed by atoms with E-state index in [1.165, 1.54) is 32.0 Å². The standard InChI is InChI=1S/C13H17F3N2O/c1-12(2,9-4-3-5-10(14)6-9)11(19)18-8-13(15,16)7-17/h3-6H,7-8,17H2,1-2H3,(H,18,19). The second kappa shape index (κ2) is 5.61. The molecule has 6 heteroatoms. The molecule has 0 saturated carbocycles. The quantitative estimate of drug-likeness (QED) is 0.860. The van der Waals surface area contributed by atoms with Crippen LogP contribution in [-0.2, 0) is 10.2 Å². The van der Waals surface area contributed by atoms with E-state index in [0.717, 1.165) is 0 Å². The molecule has 0 saturated heterocycles. The maximum atomic E-state index is 13.1. The Bertz CT molecular complexity index is 461. The summed E-state index contributed by atoms with van der Waals surface area (Å²) in [5.74, 6) is -4.23. The molecule has 3 N–H and O–H groups in total. The van der Waals surface area contributed by atoms with Gasteiger partial charge in [-0.15, -0.1) is 0 Å². The average Bonchev–Trinajstić information content (AvgIpc) is 2.36. The Morgan fingerprint density at radius 3 is 2.53 bits per heavy atom. The molecule has 0 unspecified atom stereocenters. The first kappa shape index (κ1) is 15.5. The summed E-state index contributed by atoms with van der Waals surface area (Å²) in [6.07, 6.45) is 0. The molecule has 106 valence electrons. The van der Waals surface area contributed by atoms with E-state index < -0.39 is 36.2 Å². The molecule has 0 bridgehead atoms. The summed E-state index contributed by atoms with van der Waals surface area (Å²) in [5.41, 5.74) is 4.19. The van der Waals surface area contributed by atoms with Crippen LogP contribution >= 0.6 is 0 Å². The molecule has 0 fully saturated rings. The maximum absolute atomic E-state index is 13.1. The fraction of sp³-hybridized carbons (Fsp3) is 0.462. The van der Waals surface area contributed by atoms with Crippen LogP contribution in [0.4, 0.5) is 13.2 Å². The fourth-order valence-electron chi connectivity index (χ4n) is 1.51. The molecule has 0 aliphatic rings. The van der Waals surface area contributed by atoms with Crippen LogP contribution in [0.3, 0.4) is 0 Å². The van der Waals surface area contributed by atoms with E-state index in [-0.39, 0.29) is 0 Å². The first-order valence-electron chi connectivity index (χ1n) is 5.81. The Morgan fingerprint density at radius 1 is 1.37 bits per heavy atom. The van der Waals surface area contributed by atoms with Crippen LogP contribution in [0.1, 0.15) is 19.4 Å². The lowest BCUT2D eigenvalue weighted by Gasteiger charge is -2.25. The van der Waals surface area contributed by atoms with E-state index >= 15 is 0 Å². The molecular formula is C13H17F3N2O. The lowest BCUT2D eigenvalue weighted by atomic mass is 9.83. The van der Waals surface area contributed by atoms with Gasteiger partial charge in [-0.3, -0.25) is 4.79 Å². The predicted octanol–water partition coefficient (Wildman–Crippen LogP) is 1.81. The highest BCUT2D eigenvalue weighted by Crippen LogP contribution is 2.24. The van der Waals surface area contributed by atoms with Crippen molar-refractivity contribution in [3.05, 3.63) is 35.6 Å². The Labute approximate surface area is 110 Å². The molecule has 0 heterocycles. The summed E-state index contributed by atoms with van der Waals surface area (Å²) < 4.78 is 39.1. The first-order chi connectivity index (χ1) is 8.69. The molecule has 19 heavy (non-hydrogen) atoms. The minimum Gasteiger partial charge on any atom is -0.349 e. The molecule has 0 aliphatic heterocycles. The van der Waals surface area contributed by atoms with Crippen LogP contribution in [0, 0.1) is 5.82 Å². The van der Waals surface area contributed by atoms with Gasteiger partial charge in [0.1, 0.15) is 5.82 Å². The number of hydrogen-bond acceptors (Lipinski definition) is 2. The maximum Gasteiger partial charge on any atom is 0.277 e. The zero-order valence-electron chi connectivity index (χ0n) is 10.8. The van der Waals surface area contributed by atoms with Crippen molar-refractivity contribution in [2.24, 2.45) is 5.73 Å². The van der Waals surface area contributed by atoms with Crippen LogP contribution < -0.4 is 11.1 Å². The number of nitrogens with one attached hydrogen (secondary N) is 1. The van der Waals surface area contributed by atoms with Gasteiger partial charge in [0, 0.05) is 0 Å². The molecule has 0 aliphatic carbocycles. The van der Waals surface area contributed by atoms with Crippen LogP contribution in [0.5, 0.6) is 0 Å². The molecule has 0 aromatic heterocycles. The summed E-state index contributed by atoms with van der Waals surface area (Å²) in [6, 6.07) is 5.50. The second-order valence-corrected chi connectivity index (χ2v) is 4.88. The number of hydrogen-bond donors (Lipinski definition) is 2. The molecule has 1 rings (SSSR count). The highest BCUT2D eigenvalue weighted by Gasteiger charge is 2.33. The van der Waals surface area contributed by atoms with Crippen molar-refractivity contribution in [2.75, 3.05) is 13.1 Å². The first-order valence-corrected chi connectivity index (χ1v) is 5.81. The van der Waals surface area contributed by atoms with Crippen LogP contribution in [-0.4, -0.2) is 24.9 Å². The summed E-state index contributed by atoms with van der Waals surface area (Å²) >= 11 is 0. The van der Waals surface area contributed by atoms with Crippen molar-refractivity contribution in [2.45, 2.75) is 25.2 Å². The fourth-order valence-corrected chi connectivity index (χ4v) is 1.51. The van der Waals surface area contributed by atoms with Crippen molar-refractivity contribution < 1.29 is 18.0 Å². The lowest BCUT2D eigenvalue weighted by Crippen LogP contribution is -2.47. The number of halogens is 3. The normalized spacial score (nSPS) is 12.3. The van der Waals surface area contributed by atoms with Crippen molar-refractivity contribution in [3.63, 3.8) is 0 Å². The highest BCUT2D eigenvalue weighted by molar-refractivity contribution is 5.87. The lowest BCUT2D eigenvalue weighted by molar-refractivity contribution is -0.127. The third-order valence-corrected chi connectivity index (χ3v) is 2.92. The van der Waals surface area contributed by atoms with Crippen molar-refractivity contribution in [1.82, 2.24) is 5.32 Å². The SMILES string of the molecule is CC(C)(C(=O)NCC(F)(F)CN)c1cccc(F)c1. The molecule has 1 aromatic rings. The average molecular weight is 274 g/mol. The van der Waals surface area contributed by atoms with Crippen LogP contribution in [0.25, 0.3) is 0 Å². The van der Waals surface area contributed by atoms with Gasteiger partial charge in [0.05, 0.1) is 18.5 Å². The van der Waals surface area contributed by atoms with E-state index in [4.69, 9.17) is 5.73 Å². The van der Waals surface area contributed by atoms with E-state index in [0.29, 0.717) is 5.56 Å². The van der Waals surface area contributed by atoms with Gasteiger partial charge in [-0.25, -0.2) is 13.2 Å². The smallest absolute Gasteiger partial charge is 0.277 e. The molecule has 1 aromatic carbocycles. The summed E-state index contributed by atoms with van der Waals surface area (Å²) in [4.78, 5) is 11.9. The van der Waals surface area contributed by atoms with Gasteiger partial charge < -0.3 is 11.1 Å². The molecule has 0 atom stereocenters. The van der Waals surface area contributed by atoms with Gasteiger partial charge in [0.2, 0.25) is 5.91 Å². The minimum atomic E-state index is -3.15. The van der Waals surface area contributed by atoms with E-state index in [1.54, 1.807) is 6.07 Å². The summed E-state index contributed by atoms with van der Waals surface area (Å²) in [5, 5.41) is 2.14.